The second kappa shape index (κ2) is 7.92. The molecule has 0 spiro atoms. The van der Waals surface area contributed by atoms with Gasteiger partial charge < -0.3 is 10.1 Å². The SMILES string of the molecule is Cc1cc(Cn2cc3c(NC(=O)CC4CC4)nccc3n2)cc(OCC(F)(F)F)n1. The molecule has 1 N–H and O–H groups in total. The van der Waals surface area contributed by atoms with Gasteiger partial charge in [-0.25, -0.2) is 9.97 Å². The van der Waals surface area contributed by atoms with Gasteiger partial charge in [0.2, 0.25) is 11.8 Å². The van der Waals surface area contributed by atoms with Crippen molar-refractivity contribution < 1.29 is 22.7 Å². The minimum atomic E-state index is -4.43. The molecule has 4 rings (SSSR count). The summed E-state index contributed by atoms with van der Waals surface area (Å²) in [6, 6.07) is 4.95. The van der Waals surface area contributed by atoms with Gasteiger partial charge in [0.1, 0.15) is 5.82 Å². The van der Waals surface area contributed by atoms with Gasteiger partial charge in [0.15, 0.2) is 6.61 Å². The molecule has 158 valence electrons. The number of carbonyl (C=O) groups is 1. The third kappa shape index (κ3) is 5.25. The van der Waals surface area contributed by atoms with Crippen LogP contribution in [-0.4, -0.2) is 38.4 Å². The summed E-state index contributed by atoms with van der Waals surface area (Å²) in [5, 5.41) is 8.02. The Hall–Kier alpha value is -3.17. The molecular weight excluding hydrogens is 399 g/mol. The Morgan fingerprint density at radius 1 is 1.33 bits per heavy atom. The van der Waals surface area contributed by atoms with Gasteiger partial charge >= 0.3 is 6.18 Å². The predicted molar refractivity (Wildman–Crippen MR) is 103 cm³/mol. The zero-order valence-corrected chi connectivity index (χ0v) is 16.2. The van der Waals surface area contributed by atoms with E-state index in [0.717, 1.165) is 12.8 Å². The van der Waals surface area contributed by atoms with Crippen LogP contribution in [0.2, 0.25) is 0 Å². The summed E-state index contributed by atoms with van der Waals surface area (Å²) in [6.45, 7) is 0.584. The molecule has 1 fully saturated rings. The van der Waals surface area contributed by atoms with Crippen molar-refractivity contribution >= 4 is 22.6 Å². The number of fused-ring (bicyclic) bond motifs is 1. The number of hydrogen-bond donors (Lipinski definition) is 1. The van der Waals surface area contributed by atoms with E-state index < -0.39 is 12.8 Å². The van der Waals surface area contributed by atoms with E-state index in [4.69, 9.17) is 4.74 Å². The molecule has 0 aromatic carbocycles. The first-order valence-electron chi connectivity index (χ1n) is 9.54. The zero-order chi connectivity index (χ0) is 21.3. The lowest BCUT2D eigenvalue weighted by Crippen LogP contribution is -2.19. The number of halogens is 3. The molecule has 0 bridgehead atoms. The fourth-order valence-corrected chi connectivity index (χ4v) is 3.16. The van der Waals surface area contributed by atoms with E-state index in [9.17, 15) is 18.0 Å². The van der Waals surface area contributed by atoms with E-state index in [2.05, 4.69) is 20.4 Å². The van der Waals surface area contributed by atoms with E-state index in [1.807, 2.05) is 0 Å². The lowest BCUT2D eigenvalue weighted by atomic mass is 10.2. The Bertz CT molecular complexity index is 1080. The van der Waals surface area contributed by atoms with Crippen LogP contribution in [0.1, 0.15) is 30.5 Å². The summed E-state index contributed by atoms with van der Waals surface area (Å²) in [6.07, 6.45) is 1.56. The van der Waals surface area contributed by atoms with Crippen molar-refractivity contribution in [3.05, 3.63) is 41.9 Å². The van der Waals surface area contributed by atoms with Crippen molar-refractivity contribution in [3.63, 3.8) is 0 Å². The molecule has 3 aromatic rings. The van der Waals surface area contributed by atoms with Crippen LogP contribution in [0.4, 0.5) is 19.0 Å². The van der Waals surface area contributed by atoms with Gasteiger partial charge in [0.25, 0.3) is 0 Å². The van der Waals surface area contributed by atoms with Crippen LogP contribution in [0.25, 0.3) is 10.9 Å². The van der Waals surface area contributed by atoms with Crippen molar-refractivity contribution in [2.75, 3.05) is 11.9 Å². The van der Waals surface area contributed by atoms with E-state index >= 15 is 0 Å². The highest BCUT2D eigenvalue weighted by molar-refractivity contribution is 5.99. The quantitative estimate of drug-likeness (QED) is 0.629. The Labute approximate surface area is 170 Å². The number of nitrogens with one attached hydrogen (secondary N) is 1. The summed E-state index contributed by atoms with van der Waals surface area (Å²) in [5.74, 6) is 0.760. The summed E-state index contributed by atoms with van der Waals surface area (Å²) in [5.41, 5.74) is 1.89. The van der Waals surface area contributed by atoms with Crippen LogP contribution < -0.4 is 10.1 Å². The Balaban J connectivity index is 1.52. The zero-order valence-electron chi connectivity index (χ0n) is 16.2. The maximum atomic E-state index is 12.4. The molecule has 10 heteroatoms. The van der Waals surface area contributed by atoms with Gasteiger partial charge in [0.05, 0.1) is 17.4 Å². The van der Waals surface area contributed by atoms with Crippen LogP contribution in [0, 0.1) is 12.8 Å². The summed E-state index contributed by atoms with van der Waals surface area (Å²) in [7, 11) is 0. The second-order valence-corrected chi connectivity index (χ2v) is 7.47. The van der Waals surface area contributed by atoms with Crippen molar-refractivity contribution in [1.82, 2.24) is 19.7 Å². The third-order valence-corrected chi connectivity index (χ3v) is 4.63. The number of carbonyl (C=O) groups excluding carboxylic acids is 1. The number of pyridine rings is 2. The number of aromatic nitrogens is 4. The van der Waals surface area contributed by atoms with E-state index in [-0.39, 0.29) is 11.8 Å². The lowest BCUT2D eigenvalue weighted by molar-refractivity contribution is -0.154. The highest BCUT2D eigenvalue weighted by atomic mass is 19.4. The van der Waals surface area contributed by atoms with Gasteiger partial charge in [-0.1, -0.05) is 0 Å². The van der Waals surface area contributed by atoms with Crippen molar-refractivity contribution in [1.29, 1.82) is 0 Å². The van der Waals surface area contributed by atoms with E-state index in [1.54, 1.807) is 36.1 Å². The normalized spacial score (nSPS) is 14.1. The van der Waals surface area contributed by atoms with Gasteiger partial charge in [0, 0.05) is 30.6 Å². The summed E-state index contributed by atoms with van der Waals surface area (Å²) in [4.78, 5) is 20.4. The molecular formula is C20H20F3N5O2. The Morgan fingerprint density at radius 2 is 2.13 bits per heavy atom. The number of hydrogen-bond acceptors (Lipinski definition) is 5. The molecule has 1 saturated carbocycles. The van der Waals surface area contributed by atoms with Crippen molar-refractivity contribution in [2.45, 2.75) is 38.9 Å². The third-order valence-electron chi connectivity index (χ3n) is 4.63. The van der Waals surface area contributed by atoms with Crippen molar-refractivity contribution in [2.24, 2.45) is 5.92 Å². The number of anilines is 1. The van der Waals surface area contributed by atoms with Gasteiger partial charge in [-0.15, -0.1) is 0 Å². The number of nitrogens with zero attached hydrogens (tertiary/aromatic N) is 4. The first-order valence-corrected chi connectivity index (χ1v) is 9.54. The molecule has 7 nitrogen and oxygen atoms in total. The monoisotopic (exact) mass is 419 g/mol. The standard InChI is InChI=1S/C20H20F3N5O2/c1-12-6-14(8-18(25-12)30-11-20(21,22)23)9-28-10-15-16(27-28)4-5-24-19(15)26-17(29)7-13-2-3-13/h4-6,8,10,13H,2-3,7,9,11H2,1H3,(H,24,26,29). The van der Waals surface area contributed by atoms with E-state index in [0.29, 0.717) is 46.9 Å². The Morgan fingerprint density at radius 3 is 2.87 bits per heavy atom. The minimum absolute atomic E-state index is 0.0681. The predicted octanol–water partition coefficient (Wildman–Crippen LogP) is 3.86. The molecule has 3 heterocycles. The van der Waals surface area contributed by atoms with Gasteiger partial charge in [-0.05, 0) is 43.4 Å². The number of aryl methyl sites for hydroxylation is 1. The van der Waals surface area contributed by atoms with Crippen LogP contribution in [0.5, 0.6) is 5.88 Å². The number of amides is 1. The van der Waals surface area contributed by atoms with Crippen LogP contribution >= 0.6 is 0 Å². The highest BCUT2D eigenvalue weighted by Gasteiger charge is 2.28. The first-order chi connectivity index (χ1) is 14.2. The van der Waals surface area contributed by atoms with E-state index in [1.165, 1.54) is 6.07 Å². The maximum Gasteiger partial charge on any atom is 0.422 e. The summed E-state index contributed by atoms with van der Waals surface area (Å²) >= 11 is 0. The average molecular weight is 419 g/mol. The molecule has 0 atom stereocenters. The largest absolute Gasteiger partial charge is 0.468 e. The molecule has 30 heavy (non-hydrogen) atoms. The topological polar surface area (TPSA) is 81.9 Å². The van der Waals surface area contributed by atoms with Crippen LogP contribution in [-0.2, 0) is 11.3 Å². The Kier molecular flexibility index (Phi) is 5.31. The minimum Gasteiger partial charge on any atom is -0.468 e. The number of rotatable bonds is 7. The van der Waals surface area contributed by atoms with Gasteiger partial charge in [-0.2, -0.15) is 18.3 Å². The smallest absolute Gasteiger partial charge is 0.422 e. The van der Waals surface area contributed by atoms with Gasteiger partial charge in [-0.3, -0.25) is 9.48 Å². The molecule has 3 aromatic heterocycles. The molecule has 0 aliphatic heterocycles. The second-order valence-electron chi connectivity index (χ2n) is 7.47. The number of alkyl halides is 3. The molecule has 1 amide bonds. The van der Waals surface area contributed by atoms with Crippen LogP contribution in [0.3, 0.4) is 0 Å². The summed E-state index contributed by atoms with van der Waals surface area (Å²) < 4.78 is 43.6. The first kappa shape index (κ1) is 20.1. The average Bonchev–Trinajstić information content (AvgIpc) is 3.35. The van der Waals surface area contributed by atoms with Crippen LogP contribution in [0.15, 0.2) is 30.6 Å². The molecule has 0 radical (unpaired) electrons. The maximum absolute atomic E-state index is 12.4. The molecule has 1 aliphatic carbocycles. The molecule has 0 saturated heterocycles. The van der Waals surface area contributed by atoms with Crippen molar-refractivity contribution in [3.8, 4) is 5.88 Å². The molecule has 1 aliphatic rings. The lowest BCUT2D eigenvalue weighted by Gasteiger charge is -2.10. The molecule has 0 unspecified atom stereocenters. The fourth-order valence-electron chi connectivity index (χ4n) is 3.16. The fraction of sp³-hybridized carbons (Fsp3) is 0.400. The highest BCUT2D eigenvalue weighted by Crippen LogP contribution is 2.32. The number of ether oxygens (including phenoxy) is 1.